The molecule has 2 aromatic rings. The highest BCUT2D eigenvalue weighted by molar-refractivity contribution is 7.99. The summed E-state index contributed by atoms with van der Waals surface area (Å²) in [6.45, 7) is 6.25. The minimum Gasteiger partial charge on any atom is -0.461 e. The first-order valence-electron chi connectivity index (χ1n) is 13.7. The molecule has 11 nitrogen and oxygen atoms in total. The SMILES string of the molecule is CC(C)OC(=O)[C@H](C)N(C(=O)[C@@H]1CCCN1S(=O)(=O)c1ccc(C#N)cc1)c1ccc(OC(=O)N2CCSCC2)cc1. The lowest BCUT2D eigenvalue weighted by molar-refractivity contribution is -0.149. The van der Waals surface area contributed by atoms with Crippen molar-refractivity contribution in [1.82, 2.24) is 9.21 Å². The minimum atomic E-state index is -4.07. The lowest BCUT2D eigenvalue weighted by Gasteiger charge is -2.33. The molecule has 2 fully saturated rings. The molecule has 0 spiro atoms. The van der Waals surface area contributed by atoms with Crippen LogP contribution in [-0.4, -0.2) is 84.9 Å². The maximum Gasteiger partial charge on any atom is 0.415 e. The lowest BCUT2D eigenvalue weighted by atomic mass is 10.1. The Balaban J connectivity index is 1.61. The number of carbonyl (C=O) groups excluding carboxylic acids is 3. The monoisotopic (exact) mass is 614 g/mol. The van der Waals surface area contributed by atoms with Gasteiger partial charge in [-0.15, -0.1) is 0 Å². The number of esters is 1. The van der Waals surface area contributed by atoms with E-state index in [1.165, 1.54) is 48.2 Å². The fourth-order valence-corrected chi connectivity index (χ4v) is 7.39. The highest BCUT2D eigenvalue weighted by atomic mass is 32.2. The Morgan fingerprint density at radius 3 is 2.24 bits per heavy atom. The third kappa shape index (κ3) is 7.06. The average Bonchev–Trinajstić information content (AvgIpc) is 3.49. The van der Waals surface area contributed by atoms with E-state index in [9.17, 15) is 22.8 Å². The first-order valence-corrected chi connectivity index (χ1v) is 16.3. The Bertz CT molecular complexity index is 1430. The van der Waals surface area contributed by atoms with E-state index in [1.807, 2.05) is 6.07 Å². The molecular formula is C29H34N4O7S2. The first-order chi connectivity index (χ1) is 20.0. The molecule has 4 rings (SSSR count). The van der Waals surface area contributed by atoms with Crippen LogP contribution < -0.4 is 9.64 Å². The minimum absolute atomic E-state index is 0.0292. The largest absolute Gasteiger partial charge is 0.461 e. The van der Waals surface area contributed by atoms with E-state index in [-0.39, 0.29) is 23.6 Å². The molecular weight excluding hydrogens is 580 g/mol. The van der Waals surface area contributed by atoms with Crippen LogP contribution in [0.5, 0.6) is 5.75 Å². The molecule has 0 N–H and O–H groups in total. The molecule has 0 aliphatic carbocycles. The second-order valence-electron chi connectivity index (χ2n) is 10.2. The summed E-state index contributed by atoms with van der Waals surface area (Å²) in [5.74, 6) is 0.741. The molecule has 0 radical (unpaired) electrons. The van der Waals surface area contributed by atoms with Gasteiger partial charge in [-0.2, -0.15) is 21.3 Å². The molecule has 42 heavy (non-hydrogen) atoms. The molecule has 2 aliphatic heterocycles. The molecule has 2 saturated heterocycles. The summed E-state index contributed by atoms with van der Waals surface area (Å²) in [6, 6.07) is 11.5. The maximum absolute atomic E-state index is 14.1. The number of ether oxygens (including phenoxy) is 2. The third-order valence-electron chi connectivity index (χ3n) is 6.99. The van der Waals surface area contributed by atoms with Crippen LogP contribution in [0.2, 0.25) is 0 Å². The zero-order chi connectivity index (χ0) is 30.4. The predicted molar refractivity (Wildman–Crippen MR) is 158 cm³/mol. The summed E-state index contributed by atoms with van der Waals surface area (Å²) in [5.41, 5.74) is 0.640. The Labute approximate surface area is 250 Å². The van der Waals surface area contributed by atoms with Crippen molar-refractivity contribution in [2.24, 2.45) is 0 Å². The molecule has 13 heteroatoms. The van der Waals surface area contributed by atoms with E-state index in [2.05, 4.69) is 0 Å². The molecule has 0 bridgehead atoms. The van der Waals surface area contributed by atoms with Gasteiger partial charge < -0.3 is 14.4 Å². The van der Waals surface area contributed by atoms with Crippen LogP contribution in [0, 0.1) is 11.3 Å². The van der Waals surface area contributed by atoms with Gasteiger partial charge in [-0.25, -0.2) is 18.0 Å². The summed E-state index contributed by atoms with van der Waals surface area (Å²) >= 11 is 1.77. The van der Waals surface area contributed by atoms with Crippen LogP contribution in [0.4, 0.5) is 10.5 Å². The molecule has 2 atom stereocenters. The van der Waals surface area contributed by atoms with Gasteiger partial charge in [0.05, 0.1) is 22.6 Å². The highest BCUT2D eigenvalue weighted by Crippen LogP contribution is 2.31. The number of amides is 2. The number of carbonyl (C=O) groups is 3. The van der Waals surface area contributed by atoms with Crippen molar-refractivity contribution in [3.8, 4) is 11.8 Å². The van der Waals surface area contributed by atoms with Gasteiger partial charge in [-0.3, -0.25) is 9.69 Å². The molecule has 0 unspecified atom stereocenters. The average molecular weight is 615 g/mol. The summed E-state index contributed by atoms with van der Waals surface area (Å²) in [7, 11) is -4.07. The first kappa shape index (κ1) is 31.3. The number of anilines is 1. The summed E-state index contributed by atoms with van der Waals surface area (Å²) in [6.07, 6.45) is -0.166. The second kappa shape index (κ2) is 13.6. The summed E-state index contributed by atoms with van der Waals surface area (Å²) in [4.78, 5) is 42.5. The van der Waals surface area contributed by atoms with Gasteiger partial charge in [-0.1, -0.05) is 0 Å². The van der Waals surface area contributed by atoms with Gasteiger partial charge in [-0.05, 0) is 82.1 Å². The Morgan fingerprint density at radius 1 is 1.00 bits per heavy atom. The molecule has 0 saturated carbocycles. The molecule has 224 valence electrons. The molecule has 2 amide bonds. The quantitative estimate of drug-likeness (QED) is 0.408. The summed E-state index contributed by atoms with van der Waals surface area (Å²) in [5, 5.41) is 9.07. The van der Waals surface area contributed by atoms with Gasteiger partial charge in [0.2, 0.25) is 15.9 Å². The number of nitriles is 1. The topological polar surface area (TPSA) is 137 Å². The Morgan fingerprint density at radius 2 is 1.64 bits per heavy atom. The van der Waals surface area contributed by atoms with E-state index < -0.39 is 46.2 Å². The van der Waals surface area contributed by atoms with Gasteiger partial charge in [0, 0.05) is 36.8 Å². The fraction of sp³-hybridized carbons (Fsp3) is 0.448. The van der Waals surface area contributed by atoms with Gasteiger partial charge in [0.15, 0.2) is 0 Å². The number of rotatable bonds is 8. The molecule has 2 aliphatic rings. The normalized spacial score (nSPS) is 18.3. The van der Waals surface area contributed by atoms with Gasteiger partial charge in [0.25, 0.3) is 0 Å². The number of benzene rings is 2. The van der Waals surface area contributed by atoms with Crippen LogP contribution in [0.15, 0.2) is 53.4 Å². The number of hydrogen-bond donors (Lipinski definition) is 0. The van der Waals surface area contributed by atoms with E-state index >= 15 is 0 Å². The van der Waals surface area contributed by atoms with Crippen molar-refractivity contribution in [2.45, 2.75) is 56.7 Å². The number of thioether (sulfide) groups is 1. The fourth-order valence-electron chi connectivity index (χ4n) is 4.84. The van der Waals surface area contributed by atoms with Crippen LogP contribution in [0.1, 0.15) is 39.2 Å². The van der Waals surface area contributed by atoms with E-state index in [0.29, 0.717) is 30.8 Å². The van der Waals surface area contributed by atoms with Gasteiger partial charge in [0.1, 0.15) is 17.8 Å². The van der Waals surface area contributed by atoms with Crippen molar-refractivity contribution in [3.63, 3.8) is 0 Å². The number of sulfonamides is 1. The standard InChI is InChI=1S/C29H34N4O7S2/c1-20(2)39-28(35)21(3)33(23-8-10-24(11-9-23)40-29(36)31-15-17-41-18-16-31)27(34)26-5-4-14-32(26)42(37,38)25-12-6-22(19-30)7-13-25/h6-13,20-21,26H,4-5,14-18H2,1-3H3/t21-,26-/m0/s1. The van der Waals surface area contributed by atoms with Crippen LogP contribution in [0.3, 0.4) is 0 Å². The number of nitrogens with zero attached hydrogens (tertiary/aromatic N) is 4. The third-order valence-corrected chi connectivity index (χ3v) is 9.85. The lowest BCUT2D eigenvalue weighted by Crippen LogP contribution is -2.53. The zero-order valence-electron chi connectivity index (χ0n) is 23.8. The highest BCUT2D eigenvalue weighted by Gasteiger charge is 2.43. The Hall–Kier alpha value is -3.60. The van der Waals surface area contributed by atoms with E-state index in [0.717, 1.165) is 15.8 Å². The second-order valence-corrected chi connectivity index (χ2v) is 13.4. The van der Waals surface area contributed by atoms with E-state index in [1.54, 1.807) is 42.6 Å². The smallest absolute Gasteiger partial charge is 0.415 e. The predicted octanol–water partition coefficient (Wildman–Crippen LogP) is 3.63. The van der Waals surface area contributed by atoms with E-state index in [4.69, 9.17) is 14.7 Å². The van der Waals surface area contributed by atoms with Crippen molar-refractivity contribution in [2.75, 3.05) is 36.0 Å². The zero-order valence-corrected chi connectivity index (χ0v) is 25.4. The van der Waals surface area contributed by atoms with Crippen molar-refractivity contribution >= 4 is 45.4 Å². The maximum atomic E-state index is 14.1. The van der Waals surface area contributed by atoms with Crippen LogP contribution >= 0.6 is 11.8 Å². The van der Waals surface area contributed by atoms with Crippen molar-refractivity contribution in [1.29, 1.82) is 5.26 Å². The molecule has 0 aromatic heterocycles. The van der Waals surface area contributed by atoms with Crippen molar-refractivity contribution in [3.05, 3.63) is 54.1 Å². The van der Waals surface area contributed by atoms with Gasteiger partial charge >= 0.3 is 12.1 Å². The van der Waals surface area contributed by atoms with Crippen molar-refractivity contribution < 1.29 is 32.3 Å². The molecule has 2 heterocycles. The van der Waals surface area contributed by atoms with Crippen LogP contribution in [-0.2, 0) is 24.3 Å². The Kier molecular flexibility index (Phi) is 10.1. The molecule has 2 aromatic carbocycles. The summed E-state index contributed by atoms with van der Waals surface area (Å²) < 4.78 is 39.2. The number of hydrogen-bond acceptors (Lipinski definition) is 9. The van der Waals surface area contributed by atoms with Crippen LogP contribution in [0.25, 0.3) is 0 Å².